The number of carbonyl (C=O) groups is 2. The van der Waals surface area contributed by atoms with E-state index in [2.05, 4.69) is 0 Å². The number of Topliss-reactive ketones (excluding diaryl/α,β-unsaturated/α-hetero) is 2. The van der Waals surface area contributed by atoms with Gasteiger partial charge < -0.3 is 5.73 Å². The molecule has 0 saturated heterocycles. The van der Waals surface area contributed by atoms with Gasteiger partial charge in [0.2, 0.25) is 11.6 Å². The molecule has 0 aliphatic rings. The molecule has 3 nitrogen and oxygen atoms in total. The van der Waals surface area contributed by atoms with Crippen molar-refractivity contribution in [2.75, 3.05) is 12.0 Å². The zero-order valence-electron chi connectivity index (χ0n) is 9.89. The first-order valence-electron chi connectivity index (χ1n) is 5.50. The molecule has 0 radical (unpaired) electrons. The Morgan fingerprint density at radius 2 is 1.94 bits per heavy atom. The molecule has 92 valence electrons. The van der Waals surface area contributed by atoms with Crippen LogP contribution in [0.2, 0.25) is 0 Å². The molecule has 4 heteroatoms. The van der Waals surface area contributed by atoms with Crippen LogP contribution in [0.5, 0.6) is 0 Å². The average molecular weight is 251 g/mol. The first-order valence-corrected chi connectivity index (χ1v) is 6.90. The molecule has 1 rings (SSSR count). The van der Waals surface area contributed by atoms with Crippen LogP contribution in [-0.2, 0) is 16.0 Å². The minimum atomic E-state index is -0.716. The number of rotatable bonds is 7. The van der Waals surface area contributed by atoms with E-state index in [9.17, 15) is 9.59 Å². The molecule has 1 atom stereocenters. The number of thioether (sulfide) groups is 1. The third kappa shape index (κ3) is 4.71. The Bertz CT molecular complexity index is 378. The summed E-state index contributed by atoms with van der Waals surface area (Å²) >= 11 is 1.55. The van der Waals surface area contributed by atoms with Gasteiger partial charge in [0.05, 0.1) is 6.04 Å². The summed E-state index contributed by atoms with van der Waals surface area (Å²) in [5, 5.41) is 0. The Labute approximate surface area is 106 Å². The van der Waals surface area contributed by atoms with E-state index < -0.39 is 11.8 Å². The van der Waals surface area contributed by atoms with Crippen molar-refractivity contribution in [1.29, 1.82) is 0 Å². The molecule has 1 aromatic carbocycles. The van der Waals surface area contributed by atoms with E-state index >= 15 is 0 Å². The molecule has 0 fully saturated rings. The van der Waals surface area contributed by atoms with Crippen molar-refractivity contribution in [3.63, 3.8) is 0 Å². The summed E-state index contributed by atoms with van der Waals surface area (Å²) in [4.78, 5) is 23.2. The molecule has 0 aliphatic carbocycles. The summed E-state index contributed by atoms with van der Waals surface area (Å²) in [5.41, 5.74) is 6.72. The minimum Gasteiger partial charge on any atom is -0.321 e. The maximum Gasteiger partial charge on any atom is 0.215 e. The monoisotopic (exact) mass is 251 g/mol. The average Bonchev–Trinajstić information content (AvgIpc) is 2.36. The fourth-order valence-corrected chi connectivity index (χ4v) is 1.87. The Balaban J connectivity index is 2.50. The van der Waals surface area contributed by atoms with Crippen LogP contribution >= 0.6 is 11.8 Å². The van der Waals surface area contributed by atoms with Crippen molar-refractivity contribution < 1.29 is 9.59 Å². The smallest absolute Gasteiger partial charge is 0.215 e. The van der Waals surface area contributed by atoms with E-state index in [1.807, 2.05) is 36.6 Å². The second kappa shape index (κ2) is 7.25. The van der Waals surface area contributed by atoms with Crippen LogP contribution in [0.25, 0.3) is 0 Å². The minimum absolute atomic E-state index is 0.280. The molecule has 0 bridgehead atoms. The van der Waals surface area contributed by atoms with Crippen LogP contribution in [0.3, 0.4) is 0 Å². The lowest BCUT2D eigenvalue weighted by atomic mass is 10.00. The van der Waals surface area contributed by atoms with Gasteiger partial charge in [0, 0.05) is 12.2 Å². The predicted octanol–water partition coefficient (Wildman–Crippen LogP) is 1.45. The first kappa shape index (κ1) is 13.9. The number of benzene rings is 1. The van der Waals surface area contributed by atoms with E-state index in [-0.39, 0.29) is 12.2 Å². The Hall–Kier alpha value is -1.13. The summed E-state index contributed by atoms with van der Waals surface area (Å²) in [7, 11) is 0. The number of hydrogen-bond acceptors (Lipinski definition) is 4. The van der Waals surface area contributed by atoms with Gasteiger partial charge in [-0.2, -0.15) is 11.8 Å². The topological polar surface area (TPSA) is 60.2 Å². The zero-order chi connectivity index (χ0) is 12.7. The molecule has 17 heavy (non-hydrogen) atoms. The molecule has 0 heterocycles. The SMILES string of the molecule is CSCCC(=O)C(=O)[C@@H](N)Cc1ccccc1. The van der Waals surface area contributed by atoms with Crippen molar-refractivity contribution in [3.05, 3.63) is 35.9 Å². The van der Waals surface area contributed by atoms with Gasteiger partial charge in [0.25, 0.3) is 0 Å². The molecule has 0 spiro atoms. The summed E-state index contributed by atoms with van der Waals surface area (Å²) in [6.07, 6.45) is 2.61. The lowest BCUT2D eigenvalue weighted by molar-refractivity contribution is -0.137. The van der Waals surface area contributed by atoms with Crippen molar-refractivity contribution in [3.8, 4) is 0 Å². The molecule has 0 unspecified atom stereocenters. The zero-order valence-corrected chi connectivity index (χ0v) is 10.7. The van der Waals surface area contributed by atoms with Gasteiger partial charge in [0.15, 0.2) is 0 Å². The molecule has 0 amide bonds. The second-order valence-electron chi connectivity index (χ2n) is 3.83. The van der Waals surface area contributed by atoms with E-state index in [0.29, 0.717) is 12.2 Å². The van der Waals surface area contributed by atoms with Gasteiger partial charge >= 0.3 is 0 Å². The Morgan fingerprint density at radius 1 is 1.29 bits per heavy atom. The van der Waals surface area contributed by atoms with Crippen molar-refractivity contribution in [2.24, 2.45) is 5.73 Å². The lowest BCUT2D eigenvalue weighted by Crippen LogP contribution is -2.37. The van der Waals surface area contributed by atoms with Crippen molar-refractivity contribution in [1.82, 2.24) is 0 Å². The van der Waals surface area contributed by atoms with Crippen LogP contribution in [0.1, 0.15) is 12.0 Å². The summed E-state index contributed by atoms with van der Waals surface area (Å²) < 4.78 is 0. The van der Waals surface area contributed by atoms with Crippen molar-refractivity contribution >= 4 is 23.3 Å². The van der Waals surface area contributed by atoms with Crippen LogP contribution in [0.15, 0.2) is 30.3 Å². The van der Waals surface area contributed by atoms with Gasteiger partial charge in [-0.3, -0.25) is 9.59 Å². The quantitative estimate of drug-likeness (QED) is 0.745. The van der Waals surface area contributed by atoms with Crippen LogP contribution in [0, 0.1) is 0 Å². The van der Waals surface area contributed by atoms with E-state index in [4.69, 9.17) is 5.73 Å². The largest absolute Gasteiger partial charge is 0.321 e. The maximum absolute atomic E-state index is 11.7. The number of carbonyl (C=O) groups excluding carboxylic acids is 2. The molecule has 2 N–H and O–H groups in total. The summed E-state index contributed by atoms with van der Waals surface area (Å²) in [6, 6.07) is 8.77. The van der Waals surface area contributed by atoms with Gasteiger partial charge in [0.1, 0.15) is 0 Å². The summed E-state index contributed by atoms with van der Waals surface area (Å²) in [5.74, 6) is -0.145. The fraction of sp³-hybridized carbons (Fsp3) is 0.385. The number of nitrogens with two attached hydrogens (primary N) is 1. The third-order valence-corrected chi connectivity index (χ3v) is 3.06. The Kier molecular flexibility index (Phi) is 5.94. The predicted molar refractivity (Wildman–Crippen MR) is 71.1 cm³/mol. The summed E-state index contributed by atoms with van der Waals surface area (Å²) in [6.45, 7) is 0. The Morgan fingerprint density at radius 3 is 2.53 bits per heavy atom. The van der Waals surface area contributed by atoms with Gasteiger partial charge in [-0.15, -0.1) is 0 Å². The van der Waals surface area contributed by atoms with Crippen LogP contribution < -0.4 is 5.73 Å². The fourth-order valence-electron chi connectivity index (χ4n) is 1.49. The normalized spacial score (nSPS) is 12.1. The number of ketones is 2. The standard InChI is InChI=1S/C13H17NO2S/c1-17-8-7-12(15)13(16)11(14)9-10-5-3-2-4-6-10/h2-6,11H,7-9,14H2,1H3/t11-/m0/s1. The third-order valence-electron chi connectivity index (χ3n) is 2.44. The van der Waals surface area contributed by atoms with Crippen LogP contribution in [-0.4, -0.2) is 29.6 Å². The highest BCUT2D eigenvalue weighted by Gasteiger charge is 2.21. The highest BCUT2D eigenvalue weighted by molar-refractivity contribution is 7.98. The van der Waals surface area contributed by atoms with Gasteiger partial charge in [-0.1, -0.05) is 30.3 Å². The lowest BCUT2D eigenvalue weighted by Gasteiger charge is -2.09. The van der Waals surface area contributed by atoms with E-state index in [1.54, 1.807) is 11.8 Å². The molecule has 0 saturated carbocycles. The highest BCUT2D eigenvalue weighted by Crippen LogP contribution is 2.04. The van der Waals surface area contributed by atoms with E-state index in [1.165, 1.54) is 0 Å². The second-order valence-corrected chi connectivity index (χ2v) is 4.81. The molecule has 0 aliphatic heterocycles. The first-order chi connectivity index (χ1) is 8.15. The van der Waals surface area contributed by atoms with Crippen LogP contribution in [0.4, 0.5) is 0 Å². The van der Waals surface area contributed by atoms with Crippen molar-refractivity contribution in [2.45, 2.75) is 18.9 Å². The molecular formula is C13H17NO2S. The molecule has 0 aromatic heterocycles. The van der Waals surface area contributed by atoms with Gasteiger partial charge in [-0.05, 0) is 18.2 Å². The van der Waals surface area contributed by atoms with E-state index in [0.717, 1.165) is 5.56 Å². The highest BCUT2D eigenvalue weighted by atomic mass is 32.2. The van der Waals surface area contributed by atoms with Gasteiger partial charge in [-0.25, -0.2) is 0 Å². The maximum atomic E-state index is 11.7. The number of hydrogen-bond donors (Lipinski definition) is 1. The molecule has 1 aromatic rings. The molecular weight excluding hydrogens is 234 g/mol.